The van der Waals surface area contributed by atoms with Crippen molar-refractivity contribution >= 4 is 16.3 Å². The first-order valence-electron chi connectivity index (χ1n) is 6.15. The molecule has 0 heterocycles. The Hall–Kier alpha value is -0.448. The van der Waals surface area contributed by atoms with Crippen LogP contribution in [0.5, 0.6) is 5.75 Å². The van der Waals surface area contributed by atoms with Crippen molar-refractivity contribution in [2.45, 2.75) is 52.4 Å². The quantitative estimate of drug-likeness (QED) is 0.721. The van der Waals surface area contributed by atoms with Gasteiger partial charge in [0.05, 0.1) is 0 Å². The Morgan fingerprint density at radius 2 is 1.35 bits per heavy atom. The summed E-state index contributed by atoms with van der Waals surface area (Å²) in [7, 11) is 0. The second kappa shape index (κ2) is 5.04. The zero-order valence-corrected chi connectivity index (χ0v) is 13.1. The van der Waals surface area contributed by atoms with Crippen LogP contribution in [0.3, 0.4) is 0 Å². The number of benzene rings is 1. The van der Waals surface area contributed by atoms with Crippen LogP contribution in [0.25, 0.3) is 0 Å². The van der Waals surface area contributed by atoms with Gasteiger partial charge in [0.1, 0.15) is 0 Å². The Kier molecular flexibility index (Phi) is 4.34. The van der Waals surface area contributed by atoms with Crippen molar-refractivity contribution in [3.63, 3.8) is 0 Å². The molecule has 0 aliphatic carbocycles. The SMILES string of the molecule is CC(C)(C)c1cccc(C(C)(C)C)c1O[CH2][Al+2]. The molecule has 0 bridgehead atoms. The molecule has 0 aliphatic rings. The second-order valence-corrected chi connectivity index (χ2v) is 6.83. The van der Waals surface area contributed by atoms with Crippen LogP contribution >= 0.6 is 0 Å². The van der Waals surface area contributed by atoms with Crippen LogP contribution in [0, 0.1) is 0 Å². The Morgan fingerprint density at radius 1 is 0.941 bits per heavy atom. The van der Waals surface area contributed by atoms with Crippen molar-refractivity contribution in [3.8, 4) is 5.75 Å². The van der Waals surface area contributed by atoms with Gasteiger partial charge in [-0.2, -0.15) is 0 Å². The van der Waals surface area contributed by atoms with Crippen LogP contribution in [0.15, 0.2) is 18.2 Å². The maximum absolute atomic E-state index is 5.88. The molecule has 0 spiro atoms. The van der Waals surface area contributed by atoms with Gasteiger partial charge in [-0.25, -0.2) is 0 Å². The minimum atomic E-state index is 0.108. The molecule has 0 aromatic heterocycles. The van der Waals surface area contributed by atoms with Gasteiger partial charge in [0, 0.05) is 0 Å². The first kappa shape index (κ1) is 14.6. The van der Waals surface area contributed by atoms with Crippen molar-refractivity contribution in [1.29, 1.82) is 0 Å². The van der Waals surface area contributed by atoms with Crippen LogP contribution in [-0.4, -0.2) is 21.8 Å². The number of rotatable bonds is 2. The van der Waals surface area contributed by atoms with Gasteiger partial charge in [0.25, 0.3) is 0 Å². The fourth-order valence-electron chi connectivity index (χ4n) is 1.96. The zero-order valence-electron chi connectivity index (χ0n) is 11.9. The molecule has 0 N–H and O–H groups in total. The summed E-state index contributed by atoms with van der Waals surface area (Å²) in [4.78, 5) is 0. The van der Waals surface area contributed by atoms with E-state index in [1.165, 1.54) is 11.1 Å². The molecule has 0 amide bonds. The molecule has 0 atom stereocenters. The van der Waals surface area contributed by atoms with Crippen molar-refractivity contribution in [2.75, 3.05) is 5.47 Å². The molecule has 2 heteroatoms. The summed E-state index contributed by atoms with van der Waals surface area (Å²) in [6.45, 7) is 13.4. The first-order valence-corrected chi connectivity index (χ1v) is 6.96. The van der Waals surface area contributed by atoms with Crippen LogP contribution in [0.4, 0.5) is 0 Å². The Bertz CT molecular complexity index is 351. The van der Waals surface area contributed by atoms with Crippen molar-refractivity contribution in [1.82, 2.24) is 0 Å². The molecule has 1 rings (SSSR count). The molecule has 0 saturated carbocycles. The monoisotopic (exact) mass is 246 g/mol. The average molecular weight is 246 g/mol. The van der Waals surface area contributed by atoms with Gasteiger partial charge in [0.15, 0.2) is 0 Å². The summed E-state index contributed by atoms with van der Waals surface area (Å²) in [5.74, 6) is 1.06. The molecule has 0 unspecified atom stereocenters. The van der Waals surface area contributed by atoms with Gasteiger partial charge < -0.3 is 0 Å². The van der Waals surface area contributed by atoms with E-state index in [0.717, 1.165) is 5.75 Å². The topological polar surface area (TPSA) is 9.23 Å². The van der Waals surface area contributed by atoms with E-state index in [4.69, 9.17) is 4.74 Å². The van der Waals surface area contributed by atoms with Crippen molar-refractivity contribution in [3.05, 3.63) is 29.3 Å². The van der Waals surface area contributed by atoms with E-state index in [0.29, 0.717) is 5.47 Å². The fourth-order valence-corrected chi connectivity index (χ4v) is 2.12. The van der Waals surface area contributed by atoms with E-state index < -0.39 is 0 Å². The average Bonchev–Trinajstić information content (AvgIpc) is 2.15. The third-order valence-electron chi connectivity index (χ3n) is 2.86. The van der Waals surface area contributed by atoms with E-state index in [2.05, 4.69) is 76.0 Å². The molecule has 0 aliphatic heterocycles. The van der Waals surface area contributed by atoms with Crippen molar-refractivity contribution in [2.24, 2.45) is 0 Å². The Morgan fingerprint density at radius 3 is 1.65 bits per heavy atom. The molecule has 0 radical (unpaired) electrons. The molecule has 90 valence electrons. The van der Waals surface area contributed by atoms with Crippen molar-refractivity contribution < 1.29 is 4.74 Å². The fraction of sp³-hybridized carbons (Fsp3) is 0.600. The van der Waals surface area contributed by atoms with E-state index in [9.17, 15) is 0 Å². The molecule has 1 aromatic rings. The summed E-state index contributed by atoms with van der Waals surface area (Å²) in [6.07, 6.45) is 0. The predicted molar refractivity (Wildman–Crippen MR) is 75.1 cm³/mol. The summed E-state index contributed by atoms with van der Waals surface area (Å²) >= 11 is 2.63. The molecular formula is C15H23AlO+2. The molecule has 1 nitrogen and oxygen atoms in total. The summed E-state index contributed by atoms with van der Waals surface area (Å²) in [6, 6.07) is 6.48. The normalized spacial score (nSPS) is 12.7. The van der Waals surface area contributed by atoms with Gasteiger partial charge in [-0.05, 0) is 0 Å². The van der Waals surface area contributed by atoms with E-state index in [-0.39, 0.29) is 10.8 Å². The third kappa shape index (κ3) is 3.50. The Balaban J connectivity index is 3.43. The standard InChI is InChI=1S/C15H23O.Al/c1-14(2,3)11-9-8-10-12(13(11)16-7)15(4,5)6;/h8-10H,7H2,1-6H3;/q;+2. The van der Waals surface area contributed by atoms with Gasteiger partial charge in [0.2, 0.25) is 0 Å². The van der Waals surface area contributed by atoms with Gasteiger partial charge in [-0.1, -0.05) is 0 Å². The molecular weight excluding hydrogens is 223 g/mol. The van der Waals surface area contributed by atoms with Gasteiger partial charge in [-0.15, -0.1) is 0 Å². The molecule has 0 saturated heterocycles. The number of hydrogen-bond donors (Lipinski definition) is 0. The summed E-state index contributed by atoms with van der Waals surface area (Å²) in [5.41, 5.74) is 3.42. The number of ether oxygens (including phenoxy) is 1. The van der Waals surface area contributed by atoms with E-state index >= 15 is 0 Å². The number of para-hydroxylation sites is 1. The first-order chi connectivity index (χ1) is 7.68. The Labute approximate surface area is 114 Å². The third-order valence-corrected chi connectivity index (χ3v) is 3.03. The summed E-state index contributed by atoms with van der Waals surface area (Å²) in [5, 5.41) is 0. The maximum atomic E-state index is 5.88. The minimum absolute atomic E-state index is 0.108. The zero-order chi connectivity index (χ0) is 13.3. The van der Waals surface area contributed by atoms with E-state index in [1.807, 2.05) is 0 Å². The molecule has 0 fully saturated rings. The van der Waals surface area contributed by atoms with Gasteiger partial charge in [-0.3, -0.25) is 0 Å². The van der Waals surface area contributed by atoms with Crippen LogP contribution in [0.1, 0.15) is 52.7 Å². The van der Waals surface area contributed by atoms with Crippen LogP contribution in [-0.2, 0) is 10.8 Å². The summed E-state index contributed by atoms with van der Waals surface area (Å²) < 4.78 is 5.88. The van der Waals surface area contributed by atoms with Gasteiger partial charge >= 0.3 is 114 Å². The second-order valence-electron chi connectivity index (χ2n) is 6.49. The van der Waals surface area contributed by atoms with E-state index in [1.54, 1.807) is 0 Å². The van der Waals surface area contributed by atoms with Crippen LogP contribution < -0.4 is 4.74 Å². The molecule has 17 heavy (non-hydrogen) atoms. The molecule has 1 aromatic carbocycles. The predicted octanol–water partition coefficient (Wildman–Crippen LogP) is 3.79. The number of hydrogen-bond acceptors (Lipinski definition) is 1. The van der Waals surface area contributed by atoms with Crippen LogP contribution in [0.2, 0.25) is 0 Å².